The van der Waals surface area contributed by atoms with Crippen molar-refractivity contribution >= 4 is 44.9 Å². The van der Waals surface area contributed by atoms with E-state index in [0.29, 0.717) is 33.3 Å². The van der Waals surface area contributed by atoms with E-state index in [4.69, 9.17) is 4.74 Å². The molecule has 1 aliphatic rings. The largest absolute Gasteiger partial charge is 0.495 e. The minimum Gasteiger partial charge on any atom is -0.495 e. The fraction of sp³-hybridized carbons (Fsp3) is 0.200. The summed E-state index contributed by atoms with van der Waals surface area (Å²) in [5.74, 6) is 1.24. The molecule has 0 saturated carbocycles. The van der Waals surface area contributed by atoms with Gasteiger partial charge >= 0.3 is 0 Å². The highest BCUT2D eigenvalue weighted by Crippen LogP contribution is 2.38. The molecule has 34 heavy (non-hydrogen) atoms. The lowest BCUT2D eigenvalue weighted by Crippen LogP contribution is -2.22. The van der Waals surface area contributed by atoms with Gasteiger partial charge in [0.2, 0.25) is 5.78 Å². The van der Waals surface area contributed by atoms with Crippen LogP contribution in [0.3, 0.4) is 0 Å². The van der Waals surface area contributed by atoms with Crippen LogP contribution in [0, 0.1) is 0 Å². The molecule has 0 aliphatic heterocycles. The van der Waals surface area contributed by atoms with Crippen molar-refractivity contribution in [3.05, 3.63) is 81.0 Å². The molecule has 2 aromatic carbocycles. The van der Waals surface area contributed by atoms with Crippen molar-refractivity contribution in [2.24, 2.45) is 0 Å². The molecule has 9 heteroatoms. The van der Waals surface area contributed by atoms with E-state index < -0.39 is 0 Å². The second-order valence-electron chi connectivity index (χ2n) is 8.05. The lowest BCUT2D eigenvalue weighted by molar-refractivity contribution is 0.102. The number of aryl methyl sites for hydroxylation is 2. The molecule has 0 N–H and O–H groups in total. The molecular formula is C25H20N4O3S2. The SMILES string of the molecule is COc1ccccc1-n1c(=O)c2c3c(sc2n2c(SCC(=O)c4ccccc4)nnc12)CCC3. The number of aromatic nitrogens is 4. The molecule has 0 spiro atoms. The first-order chi connectivity index (χ1) is 16.7. The number of fused-ring (bicyclic) bond motifs is 5. The number of thiophene rings is 1. The number of thioether (sulfide) groups is 1. The maximum atomic E-state index is 13.9. The Morgan fingerprint density at radius 1 is 1.09 bits per heavy atom. The van der Waals surface area contributed by atoms with Crippen LogP contribution in [0.25, 0.3) is 21.7 Å². The summed E-state index contributed by atoms with van der Waals surface area (Å²) in [5.41, 5.74) is 2.29. The second-order valence-corrected chi connectivity index (χ2v) is 10.1. The third-order valence-electron chi connectivity index (χ3n) is 6.09. The Kier molecular flexibility index (Phi) is 5.23. The first-order valence-electron chi connectivity index (χ1n) is 11.0. The number of hydrogen-bond acceptors (Lipinski definition) is 7. The van der Waals surface area contributed by atoms with E-state index in [0.717, 1.165) is 29.7 Å². The Morgan fingerprint density at radius 2 is 1.88 bits per heavy atom. The van der Waals surface area contributed by atoms with Gasteiger partial charge in [0.1, 0.15) is 10.6 Å². The van der Waals surface area contributed by atoms with Crippen LogP contribution in [0.5, 0.6) is 5.75 Å². The average Bonchev–Trinajstić information content (AvgIpc) is 3.58. The van der Waals surface area contributed by atoms with Crippen LogP contribution in [-0.4, -0.2) is 37.8 Å². The van der Waals surface area contributed by atoms with Gasteiger partial charge in [-0.2, -0.15) is 0 Å². The molecule has 0 atom stereocenters. The van der Waals surface area contributed by atoms with Gasteiger partial charge in [0.15, 0.2) is 10.9 Å². The summed E-state index contributed by atoms with van der Waals surface area (Å²) < 4.78 is 9.07. The number of methoxy groups -OCH3 is 1. The molecule has 0 unspecified atom stereocenters. The fourth-order valence-electron chi connectivity index (χ4n) is 4.52. The standard InChI is InChI=1S/C25H20N4O3S2/c1-32-19-12-6-5-11-17(19)28-22(31)21-16-10-7-13-20(16)34-23(21)29-24(28)26-27-25(29)33-14-18(30)15-8-3-2-4-9-15/h2-6,8-9,11-12H,7,10,13-14H2,1H3. The lowest BCUT2D eigenvalue weighted by Gasteiger charge is -2.13. The Balaban J connectivity index is 1.56. The summed E-state index contributed by atoms with van der Waals surface area (Å²) in [6.45, 7) is 0. The van der Waals surface area contributed by atoms with Crippen molar-refractivity contribution in [2.75, 3.05) is 12.9 Å². The van der Waals surface area contributed by atoms with Crippen LogP contribution in [-0.2, 0) is 12.8 Å². The summed E-state index contributed by atoms with van der Waals surface area (Å²) in [5, 5.41) is 10.1. The van der Waals surface area contributed by atoms with Crippen LogP contribution in [0.15, 0.2) is 64.5 Å². The van der Waals surface area contributed by atoms with Gasteiger partial charge in [-0.25, -0.2) is 8.97 Å². The summed E-state index contributed by atoms with van der Waals surface area (Å²) >= 11 is 2.97. The van der Waals surface area contributed by atoms with E-state index in [-0.39, 0.29) is 17.1 Å². The number of carbonyl (C=O) groups excluding carboxylic acids is 1. The maximum absolute atomic E-state index is 13.9. The number of rotatable bonds is 6. The predicted octanol–water partition coefficient (Wildman–Crippen LogP) is 4.57. The first kappa shape index (κ1) is 21.1. The topological polar surface area (TPSA) is 78.5 Å². The van der Waals surface area contributed by atoms with Gasteiger partial charge < -0.3 is 4.74 Å². The van der Waals surface area contributed by atoms with Crippen molar-refractivity contribution in [3.8, 4) is 11.4 Å². The van der Waals surface area contributed by atoms with E-state index in [9.17, 15) is 9.59 Å². The number of ketones is 1. The van der Waals surface area contributed by atoms with Crippen molar-refractivity contribution in [3.63, 3.8) is 0 Å². The normalized spacial score (nSPS) is 13.0. The monoisotopic (exact) mass is 488 g/mol. The van der Waals surface area contributed by atoms with Gasteiger partial charge in [-0.1, -0.05) is 54.2 Å². The Morgan fingerprint density at radius 3 is 2.71 bits per heavy atom. The Bertz CT molecular complexity index is 1620. The number of para-hydroxylation sites is 2. The quantitative estimate of drug-likeness (QED) is 0.257. The van der Waals surface area contributed by atoms with Gasteiger partial charge in [0, 0.05) is 10.4 Å². The van der Waals surface area contributed by atoms with Gasteiger partial charge in [-0.3, -0.25) is 9.59 Å². The van der Waals surface area contributed by atoms with Crippen LogP contribution < -0.4 is 10.3 Å². The Hall–Kier alpha value is -3.43. The smallest absolute Gasteiger partial charge is 0.268 e. The second kappa shape index (κ2) is 8.41. The third-order valence-corrected chi connectivity index (χ3v) is 8.30. The van der Waals surface area contributed by atoms with Gasteiger partial charge in [0.25, 0.3) is 5.56 Å². The highest BCUT2D eigenvalue weighted by Gasteiger charge is 2.27. The molecule has 7 nitrogen and oxygen atoms in total. The summed E-state index contributed by atoms with van der Waals surface area (Å²) in [6, 6.07) is 16.6. The van der Waals surface area contributed by atoms with E-state index in [1.165, 1.54) is 16.6 Å². The fourth-order valence-corrected chi connectivity index (χ4v) is 6.78. The molecule has 0 saturated heterocycles. The van der Waals surface area contributed by atoms with Crippen LogP contribution in [0.2, 0.25) is 0 Å². The maximum Gasteiger partial charge on any atom is 0.268 e. The molecule has 0 bridgehead atoms. The zero-order valence-corrected chi connectivity index (χ0v) is 20.0. The van der Waals surface area contributed by atoms with Crippen molar-refractivity contribution in [1.29, 1.82) is 0 Å². The lowest BCUT2D eigenvalue weighted by atomic mass is 10.2. The number of nitrogens with zero attached hydrogens (tertiary/aromatic N) is 4. The molecule has 0 amide bonds. The zero-order chi connectivity index (χ0) is 23.2. The van der Waals surface area contributed by atoms with E-state index in [2.05, 4.69) is 10.2 Å². The van der Waals surface area contributed by atoms with Crippen LogP contribution in [0.1, 0.15) is 27.2 Å². The minimum atomic E-state index is -0.115. The predicted molar refractivity (Wildman–Crippen MR) is 134 cm³/mol. The summed E-state index contributed by atoms with van der Waals surface area (Å²) in [6.07, 6.45) is 2.92. The molecular weight excluding hydrogens is 468 g/mol. The van der Waals surface area contributed by atoms with Gasteiger partial charge in [-0.15, -0.1) is 21.5 Å². The number of Topliss-reactive ketones (excluding diaryl/α,β-unsaturated/α-hetero) is 1. The number of hydrogen-bond donors (Lipinski definition) is 0. The minimum absolute atomic E-state index is 0.0188. The summed E-state index contributed by atoms with van der Waals surface area (Å²) in [4.78, 5) is 28.7. The van der Waals surface area contributed by atoms with Crippen molar-refractivity contribution in [1.82, 2.24) is 19.2 Å². The molecule has 0 fully saturated rings. The molecule has 5 aromatic rings. The summed E-state index contributed by atoms with van der Waals surface area (Å²) in [7, 11) is 1.59. The first-order valence-corrected chi connectivity index (χ1v) is 12.8. The molecule has 3 aromatic heterocycles. The van der Waals surface area contributed by atoms with Crippen LogP contribution in [0.4, 0.5) is 0 Å². The molecule has 170 valence electrons. The number of ether oxygens (including phenoxy) is 1. The highest BCUT2D eigenvalue weighted by molar-refractivity contribution is 7.99. The third kappa shape index (κ3) is 3.26. The van der Waals surface area contributed by atoms with Crippen molar-refractivity contribution < 1.29 is 9.53 Å². The van der Waals surface area contributed by atoms with E-state index in [1.807, 2.05) is 59.0 Å². The zero-order valence-electron chi connectivity index (χ0n) is 18.4. The molecule has 1 aliphatic carbocycles. The molecule has 3 heterocycles. The Labute approximate surface area is 203 Å². The van der Waals surface area contributed by atoms with Crippen molar-refractivity contribution in [2.45, 2.75) is 24.4 Å². The number of benzene rings is 2. The van der Waals surface area contributed by atoms with Crippen LogP contribution >= 0.6 is 23.1 Å². The highest BCUT2D eigenvalue weighted by atomic mass is 32.2. The molecule has 6 rings (SSSR count). The molecule has 0 radical (unpaired) electrons. The van der Waals surface area contributed by atoms with Gasteiger partial charge in [0.05, 0.1) is 23.9 Å². The average molecular weight is 489 g/mol. The van der Waals surface area contributed by atoms with E-state index in [1.54, 1.807) is 23.0 Å². The van der Waals surface area contributed by atoms with E-state index >= 15 is 0 Å². The van der Waals surface area contributed by atoms with Gasteiger partial charge in [-0.05, 0) is 37.0 Å². The number of carbonyl (C=O) groups is 1.